The predicted octanol–water partition coefficient (Wildman–Crippen LogP) is 2.56. The van der Waals surface area contributed by atoms with Crippen LogP contribution in [-0.4, -0.2) is 36.2 Å². The normalized spacial score (nSPS) is 16.9. The van der Waals surface area contributed by atoms with Crippen molar-refractivity contribution in [3.05, 3.63) is 29.8 Å². The highest BCUT2D eigenvalue weighted by molar-refractivity contribution is 6.04. The summed E-state index contributed by atoms with van der Waals surface area (Å²) >= 11 is 0. The van der Waals surface area contributed by atoms with E-state index in [0.717, 1.165) is 31.8 Å². The summed E-state index contributed by atoms with van der Waals surface area (Å²) in [7, 11) is 0. The fourth-order valence-electron chi connectivity index (χ4n) is 2.51. The summed E-state index contributed by atoms with van der Waals surface area (Å²) in [6, 6.07) is 7.14. The number of piperidine rings is 1. The van der Waals surface area contributed by atoms with Gasteiger partial charge in [0.1, 0.15) is 0 Å². The maximum atomic E-state index is 12.1. The van der Waals surface area contributed by atoms with Crippen LogP contribution in [-0.2, 0) is 4.79 Å². The van der Waals surface area contributed by atoms with Gasteiger partial charge in [0.25, 0.3) is 0 Å². The largest absolute Gasteiger partial charge is 0.324 e. The van der Waals surface area contributed by atoms with Crippen LogP contribution in [0.1, 0.15) is 37.0 Å². The van der Waals surface area contributed by atoms with Crippen molar-refractivity contribution in [2.24, 2.45) is 5.92 Å². The number of Topliss-reactive ketones (excluding diaryl/α,β-unsaturated/α-hetero) is 1. The molecule has 0 radical (unpaired) electrons. The first kappa shape index (κ1) is 14.7. The molecule has 0 saturated carbocycles. The van der Waals surface area contributed by atoms with Crippen molar-refractivity contribution in [1.29, 1.82) is 0 Å². The molecular formula is C16H22N2O2. The van der Waals surface area contributed by atoms with Crippen molar-refractivity contribution in [3.8, 4) is 0 Å². The maximum absolute atomic E-state index is 12.1. The maximum Gasteiger partial charge on any atom is 0.238 e. The van der Waals surface area contributed by atoms with Gasteiger partial charge in [-0.15, -0.1) is 0 Å². The average molecular weight is 274 g/mol. The Kier molecular flexibility index (Phi) is 4.90. The van der Waals surface area contributed by atoms with Gasteiger partial charge in [0.15, 0.2) is 5.78 Å². The molecule has 0 aromatic heterocycles. The van der Waals surface area contributed by atoms with Crippen molar-refractivity contribution in [3.63, 3.8) is 0 Å². The number of nitrogens with zero attached hydrogens (tertiary/aromatic N) is 1. The van der Waals surface area contributed by atoms with E-state index < -0.39 is 0 Å². The first-order chi connectivity index (χ1) is 9.56. The zero-order valence-electron chi connectivity index (χ0n) is 12.2. The quantitative estimate of drug-likeness (QED) is 0.858. The fraction of sp³-hybridized carbons (Fsp3) is 0.500. The van der Waals surface area contributed by atoms with Gasteiger partial charge in [-0.1, -0.05) is 19.1 Å². The number of anilines is 1. The minimum atomic E-state index is -0.0479. The summed E-state index contributed by atoms with van der Waals surface area (Å²) in [5.74, 6) is 0.675. The molecule has 4 heteroatoms. The minimum Gasteiger partial charge on any atom is -0.324 e. The Morgan fingerprint density at radius 1 is 1.25 bits per heavy atom. The molecular weight excluding hydrogens is 252 g/mol. The van der Waals surface area contributed by atoms with E-state index in [1.807, 2.05) is 6.07 Å². The molecule has 1 saturated heterocycles. The number of rotatable bonds is 4. The van der Waals surface area contributed by atoms with Crippen LogP contribution in [0.15, 0.2) is 24.3 Å². The Balaban J connectivity index is 1.93. The molecule has 0 bridgehead atoms. The number of carbonyl (C=O) groups excluding carboxylic acids is 2. The van der Waals surface area contributed by atoms with Gasteiger partial charge < -0.3 is 5.32 Å². The number of para-hydroxylation sites is 1. The molecule has 20 heavy (non-hydrogen) atoms. The first-order valence-electron chi connectivity index (χ1n) is 7.18. The smallest absolute Gasteiger partial charge is 0.238 e. The zero-order valence-corrected chi connectivity index (χ0v) is 12.2. The van der Waals surface area contributed by atoms with E-state index in [-0.39, 0.29) is 11.7 Å². The zero-order chi connectivity index (χ0) is 14.5. The van der Waals surface area contributed by atoms with Crippen LogP contribution in [0.4, 0.5) is 5.69 Å². The van der Waals surface area contributed by atoms with E-state index >= 15 is 0 Å². The molecule has 108 valence electrons. The number of nitrogens with one attached hydrogen (secondary N) is 1. The highest BCUT2D eigenvalue weighted by atomic mass is 16.2. The molecule has 2 rings (SSSR count). The number of hydrogen-bond donors (Lipinski definition) is 1. The van der Waals surface area contributed by atoms with Gasteiger partial charge in [-0.3, -0.25) is 14.5 Å². The van der Waals surface area contributed by atoms with E-state index in [4.69, 9.17) is 0 Å². The Morgan fingerprint density at radius 2 is 1.90 bits per heavy atom. The molecule has 1 aromatic rings. The molecule has 1 N–H and O–H groups in total. The van der Waals surface area contributed by atoms with Gasteiger partial charge in [-0.25, -0.2) is 0 Å². The van der Waals surface area contributed by atoms with Crippen LogP contribution in [0.5, 0.6) is 0 Å². The number of hydrogen-bond acceptors (Lipinski definition) is 3. The highest BCUT2D eigenvalue weighted by Crippen LogP contribution is 2.17. The number of benzene rings is 1. The summed E-state index contributed by atoms with van der Waals surface area (Å²) in [6.45, 7) is 6.11. The van der Waals surface area contributed by atoms with Crippen LogP contribution >= 0.6 is 0 Å². The van der Waals surface area contributed by atoms with Gasteiger partial charge >= 0.3 is 0 Å². The van der Waals surface area contributed by atoms with Crippen molar-refractivity contribution < 1.29 is 9.59 Å². The molecule has 1 fully saturated rings. The number of likely N-dealkylation sites (tertiary alicyclic amines) is 1. The van der Waals surface area contributed by atoms with E-state index in [9.17, 15) is 9.59 Å². The number of ketones is 1. The standard InChI is InChI=1S/C16H22N2O2/c1-12-7-9-18(10-8-12)11-16(20)17-15-6-4-3-5-14(15)13(2)19/h3-6,12H,7-11H2,1-2H3,(H,17,20). The Bertz CT molecular complexity index is 491. The molecule has 0 unspecified atom stereocenters. The van der Waals surface area contributed by atoms with Crippen LogP contribution in [0.25, 0.3) is 0 Å². The summed E-state index contributed by atoms with van der Waals surface area (Å²) < 4.78 is 0. The third kappa shape index (κ3) is 3.90. The first-order valence-corrected chi connectivity index (χ1v) is 7.18. The van der Waals surface area contributed by atoms with Crippen molar-refractivity contribution >= 4 is 17.4 Å². The summed E-state index contributed by atoms with van der Waals surface area (Å²) in [4.78, 5) is 25.8. The van der Waals surface area contributed by atoms with E-state index in [0.29, 0.717) is 17.8 Å². The lowest BCUT2D eigenvalue weighted by atomic mass is 9.99. The van der Waals surface area contributed by atoms with Crippen LogP contribution < -0.4 is 5.32 Å². The van der Waals surface area contributed by atoms with Crippen molar-refractivity contribution in [2.75, 3.05) is 25.0 Å². The summed E-state index contributed by atoms with van der Waals surface area (Å²) in [5, 5.41) is 2.85. The molecule has 4 nitrogen and oxygen atoms in total. The lowest BCUT2D eigenvalue weighted by Gasteiger charge is -2.29. The molecule has 1 aromatic carbocycles. The summed E-state index contributed by atoms with van der Waals surface area (Å²) in [5.41, 5.74) is 1.17. The number of amides is 1. The van der Waals surface area contributed by atoms with Crippen molar-refractivity contribution in [2.45, 2.75) is 26.7 Å². The third-order valence-electron chi connectivity index (χ3n) is 3.82. The Hall–Kier alpha value is -1.68. The lowest BCUT2D eigenvalue weighted by Crippen LogP contribution is -2.38. The molecule has 0 aliphatic carbocycles. The summed E-state index contributed by atoms with van der Waals surface area (Å²) in [6.07, 6.45) is 2.30. The predicted molar refractivity (Wildman–Crippen MR) is 79.9 cm³/mol. The van der Waals surface area contributed by atoms with Crippen molar-refractivity contribution in [1.82, 2.24) is 4.90 Å². The Morgan fingerprint density at radius 3 is 2.55 bits per heavy atom. The topological polar surface area (TPSA) is 49.4 Å². The monoisotopic (exact) mass is 274 g/mol. The van der Waals surface area contributed by atoms with Gasteiger partial charge in [0.2, 0.25) is 5.91 Å². The van der Waals surface area contributed by atoms with Crippen LogP contribution in [0.3, 0.4) is 0 Å². The Labute approximate surface area is 120 Å². The second kappa shape index (κ2) is 6.66. The molecule has 1 heterocycles. The van der Waals surface area contributed by atoms with Crippen LogP contribution in [0, 0.1) is 5.92 Å². The van der Waals surface area contributed by atoms with Crippen LogP contribution in [0.2, 0.25) is 0 Å². The molecule has 1 aliphatic heterocycles. The van der Waals surface area contributed by atoms with E-state index in [1.54, 1.807) is 18.2 Å². The second-order valence-electron chi connectivity index (χ2n) is 5.61. The average Bonchev–Trinajstić information content (AvgIpc) is 2.41. The fourth-order valence-corrected chi connectivity index (χ4v) is 2.51. The van der Waals surface area contributed by atoms with E-state index in [2.05, 4.69) is 17.1 Å². The van der Waals surface area contributed by atoms with Gasteiger partial charge in [-0.05, 0) is 50.9 Å². The third-order valence-corrected chi connectivity index (χ3v) is 3.82. The lowest BCUT2D eigenvalue weighted by molar-refractivity contribution is -0.117. The van der Waals surface area contributed by atoms with E-state index in [1.165, 1.54) is 6.92 Å². The van der Waals surface area contributed by atoms with Gasteiger partial charge in [0, 0.05) is 5.56 Å². The molecule has 1 amide bonds. The SMILES string of the molecule is CC(=O)c1ccccc1NC(=O)CN1CCC(C)CC1. The van der Waals surface area contributed by atoms with Gasteiger partial charge in [-0.2, -0.15) is 0 Å². The molecule has 0 spiro atoms. The van der Waals surface area contributed by atoms with Gasteiger partial charge in [0.05, 0.1) is 12.2 Å². The second-order valence-corrected chi connectivity index (χ2v) is 5.61. The molecule has 0 atom stereocenters. The highest BCUT2D eigenvalue weighted by Gasteiger charge is 2.18. The molecule has 1 aliphatic rings. The minimum absolute atomic E-state index is 0.0345. The number of carbonyl (C=O) groups is 2.